The molecule has 2 unspecified atom stereocenters. The molecule has 192 valence electrons. The molecule has 2 N–H and O–H groups in total. The van der Waals surface area contributed by atoms with Crippen molar-refractivity contribution in [2.75, 3.05) is 11.6 Å². The van der Waals surface area contributed by atoms with E-state index in [-0.39, 0.29) is 30.1 Å². The van der Waals surface area contributed by atoms with E-state index in [1.165, 1.54) is 12.1 Å². The number of rotatable bonds is 7. The van der Waals surface area contributed by atoms with Crippen molar-refractivity contribution < 1.29 is 19.1 Å². The first kappa shape index (κ1) is 25.4. The monoisotopic (exact) mass is 530 g/mol. The number of halogens is 2. The van der Waals surface area contributed by atoms with E-state index >= 15 is 0 Å². The zero-order valence-corrected chi connectivity index (χ0v) is 21.1. The van der Waals surface area contributed by atoms with Gasteiger partial charge in [0.15, 0.2) is 0 Å². The van der Waals surface area contributed by atoms with Crippen LogP contribution < -0.4 is 10.3 Å². The van der Waals surface area contributed by atoms with Crippen LogP contribution in [0.1, 0.15) is 57.9 Å². The van der Waals surface area contributed by atoms with Crippen molar-refractivity contribution in [3.63, 3.8) is 0 Å². The summed E-state index contributed by atoms with van der Waals surface area (Å²) in [6.07, 6.45) is 1.88. The quantitative estimate of drug-likeness (QED) is 0.394. The number of aryl methyl sites for hydroxylation is 1. The highest BCUT2D eigenvalue weighted by Crippen LogP contribution is 2.46. The number of hydrogen-bond acceptors (Lipinski definition) is 5. The van der Waals surface area contributed by atoms with Gasteiger partial charge in [-0.15, -0.1) is 0 Å². The lowest BCUT2D eigenvalue weighted by Gasteiger charge is -2.31. The van der Waals surface area contributed by atoms with Crippen molar-refractivity contribution in [3.05, 3.63) is 99.3 Å². The highest BCUT2D eigenvalue weighted by atomic mass is 35.5. The molecule has 0 bridgehead atoms. The Bertz CT molecular complexity index is 1480. The van der Waals surface area contributed by atoms with Crippen LogP contribution in [0.2, 0.25) is 5.02 Å². The Hall–Kier alpha value is -4.22. The van der Waals surface area contributed by atoms with Crippen LogP contribution in [0.15, 0.2) is 65.8 Å². The van der Waals surface area contributed by atoms with Crippen LogP contribution >= 0.6 is 11.6 Å². The zero-order valence-electron chi connectivity index (χ0n) is 20.3. The van der Waals surface area contributed by atoms with E-state index in [1.807, 2.05) is 17.1 Å². The highest BCUT2D eigenvalue weighted by molar-refractivity contribution is 6.32. The van der Waals surface area contributed by atoms with Gasteiger partial charge in [-0.1, -0.05) is 29.8 Å². The molecule has 1 amide bonds. The fourth-order valence-corrected chi connectivity index (χ4v) is 5.37. The molecule has 2 atom stereocenters. The number of amides is 1. The molecule has 0 spiro atoms. The highest BCUT2D eigenvalue weighted by Gasteiger charge is 2.42. The van der Waals surface area contributed by atoms with Gasteiger partial charge in [0.25, 0.3) is 5.91 Å². The summed E-state index contributed by atoms with van der Waals surface area (Å²) in [7, 11) is 0. The number of aliphatic carboxylic acids is 1. The summed E-state index contributed by atoms with van der Waals surface area (Å²) in [6.45, 7) is 0.290. The molecule has 38 heavy (non-hydrogen) atoms. The molecule has 1 aliphatic heterocycles. The van der Waals surface area contributed by atoms with Crippen molar-refractivity contribution in [3.8, 4) is 6.07 Å². The predicted molar refractivity (Wildman–Crippen MR) is 142 cm³/mol. The zero-order chi connectivity index (χ0) is 26.8. The number of carbonyl (C=O) groups is 2. The second-order valence-corrected chi connectivity index (χ2v) is 9.78. The molecule has 1 heterocycles. The van der Waals surface area contributed by atoms with Crippen molar-refractivity contribution in [1.29, 1.82) is 5.26 Å². The van der Waals surface area contributed by atoms with E-state index < -0.39 is 5.97 Å². The number of benzene rings is 3. The number of nitrogens with zero attached hydrogens (tertiary/aromatic N) is 3. The van der Waals surface area contributed by atoms with Gasteiger partial charge >= 0.3 is 5.97 Å². The fraction of sp³-hybridized carbons (Fsp3) is 0.241. The summed E-state index contributed by atoms with van der Waals surface area (Å²) in [5.74, 6) is -1.43. The van der Waals surface area contributed by atoms with Crippen molar-refractivity contribution in [2.24, 2.45) is 11.0 Å². The first-order chi connectivity index (χ1) is 18.4. The number of hydrazone groups is 1. The molecule has 5 rings (SSSR count). The van der Waals surface area contributed by atoms with Crippen molar-refractivity contribution in [1.82, 2.24) is 5.32 Å². The minimum Gasteiger partial charge on any atom is -0.481 e. The lowest BCUT2D eigenvalue weighted by molar-refractivity contribution is -0.137. The van der Waals surface area contributed by atoms with Gasteiger partial charge in [0.1, 0.15) is 11.9 Å². The normalized spacial score (nSPS) is 17.7. The van der Waals surface area contributed by atoms with E-state index in [0.29, 0.717) is 29.1 Å². The predicted octanol–water partition coefficient (Wildman–Crippen LogP) is 5.47. The SMILES string of the molecule is N#Cc1ccc(N2N=C3c4ccc(C(=O)NCCCC(=O)O)cc4CCC3C2c2ccc(F)cc2)cc1Cl. The number of carboxylic acids is 1. The Morgan fingerprint density at radius 3 is 2.66 bits per heavy atom. The molecular formula is C29H24ClFN4O3. The number of fused-ring (bicyclic) bond motifs is 3. The number of carboxylic acid groups (broad SMARTS) is 1. The lowest BCUT2D eigenvalue weighted by atomic mass is 9.77. The molecule has 3 aromatic rings. The van der Waals surface area contributed by atoms with Crippen LogP contribution in [-0.4, -0.2) is 29.2 Å². The molecule has 3 aromatic carbocycles. The molecule has 0 saturated heterocycles. The minimum atomic E-state index is -0.892. The smallest absolute Gasteiger partial charge is 0.303 e. The average molecular weight is 531 g/mol. The van der Waals surface area contributed by atoms with Crippen LogP contribution in [0.25, 0.3) is 0 Å². The summed E-state index contributed by atoms with van der Waals surface area (Å²) in [6, 6.07) is 19.0. The Labute approximate surface area is 224 Å². The Morgan fingerprint density at radius 1 is 1.16 bits per heavy atom. The summed E-state index contributed by atoms with van der Waals surface area (Å²) < 4.78 is 13.7. The third kappa shape index (κ3) is 4.98. The molecule has 9 heteroatoms. The number of carbonyl (C=O) groups excluding carboxylic acids is 1. The molecule has 0 radical (unpaired) electrons. The minimum absolute atomic E-state index is 0.00184. The second kappa shape index (κ2) is 10.6. The Morgan fingerprint density at radius 2 is 1.95 bits per heavy atom. The van der Waals surface area contributed by atoms with Crippen LogP contribution in [0.5, 0.6) is 0 Å². The second-order valence-electron chi connectivity index (χ2n) is 9.37. The Balaban J connectivity index is 1.47. The van der Waals surface area contributed by atoms with Gasteiger partial charge in [-0.2, -0.15) is 10.4 Å². The van der Waals surface area contributed by atoms with Gasteiger partial charge in [0, 0.05) is 30.0 Å². The van der Waals surface area contributed by atoms with E-state index in [4.69, 9.17) is 21.8 Å². The summed E-state index contributed by atoms with van der Waals surface area (Å²) in [4.78, 5) is 23.3. The first-order valence-electron chi connectivity index (χ1n) is 12.3. The molecule has 0 saturated carbocycles. The molecular weight excluding hydrogens is 507 g/mol. The Kier molecular flexibility index (Phi) is 7.12. The van der Waals surface area contributed by atoms with E-state index in [0.717, 1.165) is 40.9 Å². The average Bonchev–Trinajstić information content (AvgIpc) is 3.31. The number of anilines is 1. The largest absolute Gasteiger partial charge is 0.481 e. The van der Waals surface area contributed by atoms with Crippen LogP contribution in [0.4, 0.5) is 10.1 Å². The first-order valence-corrected chi connectivity index (χ1v) is 12.7. The molecule has 7 nitrogen and oxygen atoms in total. The number of nitriles is 1. The number of hydrogen-bond donors (Lipinski definition) is 2. The van der Waals surface area contributed by atoms with Crippen LogP contribution in [-0.2, 0) is 11.2 Å². The summed E-state index contributed by atoms with van der Waals surface area (Å²) in [5.41, 5.74) is 5.38. The van der Waals surface area contributed by atoms with Crippen LogP contribution in [0.3, 0.4) is 0 Å². The van der Waals surface area contributed by atoms with Gasteiger partial charge in [-0.05, 0) is 72.9 Å². The molecule has 1 aliphatic carbocycles. The van der Waals surface area contributed by atoms with Gasteiger partial charge < -0.3 is 10.4 Å². The molecule has 0 aromatic heterocycles. The third-order valence-electron chi connectivity index (χ3n) is 6.98. The standard InChI is InChI=1S/C29H24ClFN4O3/c30-25-15-22(10-5-20(25)16-32)35-28(17-3-8-21(31)9-4-17)24-12-6-18-14-19(7-11-23(18)27(24)34-35)29(38)33-13-1-2-26(36)37/h3-5,7-11,14-15,24,28H,1-2,6,12-13H2,(H,33,38)(H,36,37). The topological polar surface area (TPSA) is 106 Å². The van der Waals surface area contributed by atoms with Gasteiger partial charge in [0.05, 0.1) is 28.0 Å². The lowest BCUT2D eigenvalue weighted by Crippen LogP contribution is -2.29. The molecule has 2 aliphatic rings. The van der Waals surface area contributed by atoms with Gasteiger partial charge in [-0.25, -0.2) is 4.39 Å². The third-order valence-corrected chi connectivity index (χ3v) is 7.29. The molecule has 0 fully saturated rings. The maximum absolute atomic E-state index is 13.7. The van der Waals surface area contributed by atoms with E-state index in [2.05, 4.69) is 11.4 Å². The fourth-order valence-electron chi connectivity index (χ4n) is 5.16. The van der Waals surface area contributed by atoms with Crippen molar-refractivity contribution >= 4 is 34.9 Å². The van der Waals surface area contributed by atoms with Gasteiger partial charge in [0.2, 0.25) is 0 Å². The van der Waals surface area contributed by atoms with E-state index in [9.17, 15) is 19.2 Å². The summed E-state index contributed by atoms with van der Waals surface area (Å²) >= 11 is 6.35. The maximum atomic E-state index is 13.7. The van der Waals surface area contributed by atoms with Gasteiger partial charge in [-0.3, -0.25) is 14.6 Å². The summed E-state index contributed by atoms with van der Waals surface area (Å²) in [5, 5.41) is 28.1. The van der Waals surface area contributed by atoms with E-state index in [1.54, 1.807) is 36.4 Å². The number of nitrogens with one attached hydrogen (secondary N) is 1. The van der Waals surface area contributed by atoms with Crippen molar-refractivity contribution in [2.45, 2.75) is 31.7 Å². The van der Waals surface area contributed by atoms with Crippen LogP contribution in [0, 0.1) is 23.1 Å². The maximum Gasteiger partial charge on any atom is 0.303 e.